The second-order valence-corrected chi connectivity index (χ2v) is 7.39. The summed E-state index contributed by atoms with van der Waals surface area (Å²) in [7, 11) is 0. The van der Waals surface area contributed by atoms with E-state index in [0.717, 1.165) is 29.3 Å². The standard InChI is InChI=1S/C17H14Cl2N2OS/c18-11-1-4-14-13(7-11)15(19)16(20-14)17(22)21(12-2-3-12)8-10-5-6-23-9-10/h1,4-7,9,12,20H,2-3,8H2. The Balaban J connectivity index is 1.70. The number of nitrogens with zero attached hydrogens (tertiary/aromatic N) is 1. The summed E-state index contributed by atoms with van der Waals surface area (Å²) in [4.78, 5) is 18.1. The number of carbonyl (C=O) groups excluding carboxylic acids is 1. The molecule has 1 aromatic carbocycles. The molecule has 23 heavy (non-hydrogen) atoms. The van der Waals surface area contributed by atoms with Gasteiger partial charge in [-0.15, -0.1) is 0 Å². The number of benzene rings is 1. The Hall–Kier alpha value is -1.49. The molecule has 1 aliphatic carbocycles. The molecule has 0 atom stereocenters. The van der Waals surface area contributed by atoms with E-state index in [9.17, 15) is 4.79 Å². The van der Waals surface area contributed by atoms with Gasteiger partial charge in [0.1, 0.15) is 5.69 Å². The summed E-state index contributed by atoms with van der Waals surface area (Å²) in [5.74, 6) is -0.0453. The van der Waals surface area contributed by atoms with Gasteiger partial charge in [0.05, 0.1) is 5.02 Å². The Morgan fingerprint density at radius 3 is 2.83 bits per heavy atom. The van der Waals surface area contributed by atoms with E-state index in [-0.39, 0.29) is 5.91 Å². The van der Waals surface area contributed by atoms with Crippen molar-refractivity contribution in [3.8, 4) is 0 Å². The molecule has 0 unspecified atom stereocenters. The molecular weight excluding hydrogens is 351 g/mol. The fourth-order valence-electron chi connectivity index (χ4n) is 2.75. The number of H-pyrrole nitrogens is 1. The predicted molar refractivity (Wildman–Crippen MR) is 95.5 cm³/mol. The normalized spacial score (nSPS) is 14.3. The Labute approximate surface area is 147 Å². The van der Waals surface area contributed by atoms with Crippen molar-refractivity contribution in [2.75, 3.05) is 0 Å². The van der Waals surface area contributed by atoms with Gasteiger partial charge in [-0.05, 0) is 53.4 Å². The largest absolute Gasteiger partial charge is 0.349 e. The lowest BCUT2D eigenvalue weighted by Gasteiger charge is -2.21. The molecule has 3 aromatic rings. The summed E-state index contributed by atoms with van der Waals surface area (Å²) in [6.45, 7) is 0.624. The Bertz CT molecular complexity index is 868. The van der Waals surface area contributed by atoms with E-state index in [0.29, 0.717) is 28.3 Å². The molecule has 0 spiro atoms. The summed E-state index contributed by atoms with van der Waals surface area (Å²) in [6.07, 6.45) is 2.11. The van der Waals surface area contributed by atoms with E-state index in [1.54, 1.807) is 23.5 Å². The van der Waals surface area contributed by atoms with Crippen molar-refractivity contribution in [3.63, 3.8) is 0 Å². The van der Waals surface area contributed by atoms with Gasteiger partial charge in [-0.3, -0.25) is 4.79 Å². The van der Waals surface area contributed by atoms with Crippen LogP contribution < -0.4 is 0 Å². The Morgan fingerprint density at radius 1 is 1.30 bits per heavy atom. The van der Waals surface area contributed by atoms with Crippen LogP contribution in [0.1, 0.15) is 28.9 Å². The maximum atomic E-state index is 13.0. The number of rotatable bonds is 4. The fourth-order valence-corrected chi connectivity index (χ4v) is 3.87. The highest BCUT2D eigenvalue weighted by Gasteiger charge is 2.34. The van der Waals surface area contributed by atoms with Crippen LogP contribution in [0.15, 0.2) is 35.0 Å². The van der Waals surface area contributed by atoms with Crippen LogP contribution in [0.2, 0.25) is 10.0 Å². The summed E-state index contributed by atoms with van der Waals surface area (Å²) in [5.41, 5.74) is 2.44. The second-order valence-electron chi connectivity index (χ2n) is 5.80. The lowest BCUT2D eigenvalue weighted by atomic mass is 10.2. The molecule has 0 radical (unpaired) electrons. The summed E-state index contributed by atoms with van der Waals surface area (Å²) in [5, 5.41) is 5.95. The number of aromatic amines is 1. The van der Waals surface area contributed by atoms with Crippen molar-refractivity contribution in [3.05, 3.63) is 56.3 Å². The topological polar surface area (TPSA) is 36.1 Å². The van der Waals surface area contributed by atoms with Gasteiger partial charge in [0.15, 0.2) is 0 Å². The van der Waals surface area contributed by atoms with Crippen LogP contribution in [0.3, 0.4) is 0 Å². The van der Waals surface area contributed by atoms with E-state index >= 15 is 0 Å². The molecule has 1 amide bonds. The predicted octanol–water partition coefficient (Wildman–Crippen LogP) is 5.34. The van der Waals surface area contributed by atoms with Crippen molar-refractivity contribution < 1.29 is 4.79 Å². The Morgan fingerprint density at radius 2 is 2.13 bits per heavy atom. The average Bonchev–Trinajstić information content (AvgIpc) is 3.16. The molecule has 1 aliphatic rings. The molecular formula is C17H14Cl2N2OS. The van der Waals surface area contributed by atoms with Crippen LogP contribution >= 0.6 is 34.5 Å². The number of amides is 1. The van der Waals surface area contributed by atoms with Crippen molar-refractivity contribution in [1.29, 1.82) is 0 Å². The number of nitrogens with one attached hydrogen (secondary N) is 1. The van der Waals surface area contributed by atoms with Crippen LogP contribution in [-0.4, -0.2) is 21.8 Å². The summed E-state index contributed by atoms with van der Waals surface area (Å²) < 4.78 is 0. The van der Waals surface area contributed by atoms with Crippen molar-refractivity contribution >= 4 is 51.3 Å². The van der Waals surface area contributed by atoms with Crippen LogP contribution in [-0.2, 0) is 6.54 Å². The highest BCUT2D eigenvalue weighted by Crippen LogP contribution is 2.34. The molecule has 4 rings (SSSR count). The zero-order valence-corrected chi connectivity index (χ0v) is 14.5. The lowest BCUT2D eigenvalue weighted by molar-refractivity contribution is 0.0725. The molecule has 6 heteroatoms. The fraction of sp³-hybridized carbons (Fsp3) is 0.235. The minimum Gasteiger partial charge on any atom is -0.349 e. The molecule has 1 fully saturated rings. The van der Waals surface area contributed by atoms with E-state index in [1.807, 2.05) is 16.3 Å². The van der Waals surface area contributed by atoms with Crippen LogP contribution in [0.5, 0.6) is 0 Å². The molecule has 0 bridgehead atoms. The molecule has 2 aromatic heterocycles. The van der Waals surface area contributed by atoms with Crippen molar-refractivity contribution in [1.82, 2.24) is 9.88 Å². The second kappa shape index (κ2) is 5.86. The van der Waals surface area contributed by atoms with Gasteiger partial charge in [-0.1, -0.05) is 23.2 Å². The minimum absolute atomic E-state index is 0.0453. The summed E-state index contributed by atoms with van der Waals surface area (Å²) in [6, 6.07) is 7.79. The van der Waals surface area contributed by atoms with E-state index in [2.05, 4.69) is 16.4 Å². The smallest absolute Gasteiger partial charge is 0.272 e. The Kier molecular flexibility index (Phi) is 3.84. The zero-order valence-electron chi connectivity index (χ0n) is 12.2. The van der Waals surface area contributed by atoms with Gasteiger partial charge in [-0.2, -0.15) is 11.3 Å². The van der Waals surface area contributed by atoms with E-state index < -0.39 is 0 Å². The molecule has 1 saturated carbocycles. The van der Waals surface area contributed by atoms with Crippen molar-refractivity contribution in [2.45, 2.75) is 25.4 Å². The van der Waals surface area contributed by atoms with Gasteiger partial charge >= 0.3 is 0 Å². The van der Waals surface area contributed by atoms with Gasteiger partial charge in [0.2, 0.25) is 0 Å². The number of aromatic nitrogens is 1. The third-order valence-electron chi connectivity index (χ3n) is 4.09. The first-order valence-corrected chi connectivity index (χ1v) is 9.12. The number of carbonyl (C=O) groups is 1. The first-order valence-electron chi connectivity index (χ1n) is 7.42. The van der Waals surface area contributed by atoms with Crippen molar-refractivity contribution in [2.24, 2.45) is 0 Å². The van der Waals surface area contributed by atoms with Crippen LogP contribution in [0.25, 0.3) is 10.9 Å². The molecule has 0 saturated heterocycles. The third-order valence-corrected chi connectivity index (χ3v) is 5.45. The maximum absolute atomic E-state index is 13.0. The minimum atomic E-state index is -0.0453. The number of hydrogen-bond acceptors (Lipinski definition) is 2. The quantitative estimate of drug-likeness (QED) is 0.666. The van der Waals surface area contributed by atoms with E-state index in [4.69, 9.17) is 23.2 Å². The number of hydrogen-bond donors (Lipinski definition) is 1. The van der Waals surface area contributed by atoms with E-state index in [1.165, 1.54) is 0 Å². The van der Waals surface area contributed by atoms with Crippen LogP contribution in [0, 0.1) is 0 Å². The number of thiophene rings is 1. The first kappa shape index (κ1) is 15.1. The van der Waals surface area contributed by atoms with Gasteiger partial charge in [0.25, 0.3) is 5.91 Å². The molecule has 3 nitrogen and oxygen atoms in total. The highest BCUT2D eigenvalue weighted by atomic mass is 35.5. The molecule has 2 heterocycles. The SMILES string of the molecule is O=C(c1[nH]c2ccc(Cl)cc2c1Cl)N(Cc1ccsc1)C1CC1. The molecule has 0 aliphatic heterocycles. The highest BCUT2D eigenvalue weighted by molar-refractivity contribution is 7.07. The third kappa shape index (κ3) is 2.87. The number of halogens is 2. The monoisotopic (exact) mass is 364 g/mol. The van der Waals surface area contributed by atoms with Gasteiger partial charge in [-0.25, -0.2) is 0 Å². The zero-order chi connectivity index (χ0) is 16.0. The number of fused-ring (bicyclic) bond motifs is 1. The first-order chi connectivity index (χ1) is 11.1. The van der Waals surface area contributed by atoms with Gasteiger partial charge in [0, 0.05) is 28.5 Å². The molecule has 118 valence electrons. The molecule has 1 N–H and O–H groups in total. The summed E-state index contributed by atoms with van der Waals surface area (Å²) >= 11 is 14.1. The lowest BCUT2D eigenvalue weighted by Crippen LogP contribution is -2.32. The van der Waals surface area contributed by atoms with Crippen LogP contribution in [0.4, 0.5) is 0 Å². The van der Waals surface area contributed by atoms with Gasteiger partial charge < -0.3 is 9.88 Å². The average molecular weight is 365 g/mol. The maximum Gasteiger partial charge on any atom is 0.272 e.